The molecule has 2 aromatic rings. The summed E-state index contributed by atoms with van der Waals surface area (Å²) in [5, 5.41) is 11.1. The van der Waals surface area contributed by atoms with Crippen LogP contribution in [0.15, 0.2) is 36.4 Å². The van der Waals surface area contributed by atoms with Crippen LogP contribution in [0.5, 0.6) is 0 Å². The van der Waals surface area contributed by atoms with E-state index in [-0.39, 0.29) is 0 Å². The van der Waals surface area contributed by atoms with E-state index in [0.29, 0.717) is 6.42 Å². The smallest absolute Gasteiger partial charge is 0.320 e. The van der Waals surface area contributed by atoms with Gasteiger partial charge in [-0.05, 0) is 35.2 Å². The third-order valence-electron chi connectivity index (χ3n) is 3.02. The third-order valence-corrected chi connectivity index (χ3v) is 3.02. The fourth-order valence-electron chi connectivity index (χ4n) is 2.02. The number of carboxylic acids is 1. The molecule has 0 spiro atoms. The number of carbonyl (C=O) groups is 1. The molecule has 1 atom stereocenters. The first kappa shape index (κ1) is 11.6. The molecule has 0 aliphatic heterocycles. The average Bonchev–Trinajstić information content (AvgIpc) is 2.32. The lowest BCUT2D eigenvalue weighted by atomic mass is 9.95. The minimum atomic E-state index is -0.961. The van der Waals surface area contributed by atoms with Gasteiger partial charge in [0.15, 0.2) is 0 Å². The number of carboxylic acid groups (broad SMARTS) is 1. The van der Waals surface area contributed by atoms with Crippen LogP contribution in [-0.4, -0.2) is 17.1 Å². The number of aryl methyl sites for hydroxylation is 1. The Morgan fingerprint density at radius 2 is 2.00 bits per heavy atom. The Morgan fingerprint density at radius 1 is 1.29 bits per heavy atom. The Labute approximate surface area is 99.9 Å². The summed E-state index contributed by atoms with van der Waals surface area (Å²) in [5.74, 6) is -0.961. The van der Waals surface area contributed by atoms with E-state index >= 15 is 0 Å². The molecule has 0 fully saturated rings. The minimum absolute atomic E-state index is 0.364. The fraction of sp³-hybridized carbons (Fsp3) is 0.214. The lowest BCUT2D eigenvalue weighted by Crippen LogP contribution is -2.32. The van der Waals surface area contributed by atoms with Crippen molar-refractivity contribution >= 4 is 16.7 Å². The molecule has 0 aliphatic carbocycles. The number of hydrogen-bond donors (Lipinski definition) is 2. The molecule has 0 amide bonds. The number of benzene rings is 2. The predicted octanol–water partition coefficient (Wildman–Crippen LogP) is 2.10. The summed E-state index contributed by atoms with van der Waals surface area (Å²) in [6.45, 7) is 1.98. The first-order chi connectivity index (χ1) is 8.09. The average molecular weight is 229 g/mol. The second kappa shape index (κ2) is 4.55. The highest BCUT2D eigenvalue weighted by molar-refractivity contribution is 5.87. The van der Waals surface area contributed by atoms with Gasteiger partial charge in [0.2, 0.25) is 0 Å². The van der Waals surface area contributed by atoms with Gasteiger partial charge in [0, 0.05) is 0 Å². The van der Waals surface area contributed by atoms with Gasteiger partial charge in [0.25, 0.3) is 0 Å². The van der Waals surface area contributed by atoms with E-state index in [1.54, 1.807) is 0 Å². The van der Waals surface area contributed by atoms with Crippen LogP contribution in [0.3, 0.4) is 0 Å². The third kappa shape index (κ3) is 2.29. The van der Waals surface area contributed by atoms with Gasteiger partial charge in [-0.3, -0.25) is 4.79 Å². The van der Waals surface area contributed by atoms with Gasteiger partial charge >= 0.3 is 5.97 Å². The molecule has 0 radical (unpaired) electrons. The van der Waals surface area contributed by atoms with Crippen LogP contribution in [0, 0.1) is 6.92 Å². The van der Waals surface area contributed by atoms with Crippen molar-refractivity contribution in [2.75, 3.05) is 0 Å². The van der Waals surface area contributed by atoms with Crippen LogP contribution >= 0.6 is 0 Å². The van der Waals surface area contributed by atoms with Crippen molar-refractivity contribution in [1.82, 2.24) is 0 Å². The van der Waals surface area contributed by atoms with Crippen LogP contribution in [0.1, 0.15) is 11.1 Å². The maximum absolute atomic E-state index is 10.8. The van der Waals surface area contributed by atoms with Crippen molar-refractivity contribution in [2.45, 2.75) is 19.4 Å². The van der Waals surface area contributed by atoms with Gasteiger partial charge in [-0.25, -0.2) is 0 Å². The lowest BCUT2D eigenvalue weighted by Gasteiger charge is -2.12. The Morgan fingerprint density at radius 3 is 2.71 bits per heavy atom. The molecular formula is C14H15NO2. The number of rotatable bonds is 3. The maximum atomic E-state index is 10.8. The molecule has 0 aromatic heterocycles. The number of hydrogen-bond acceptors (Lipinski definition) is 2. The van der Waals surface area contributed by atoms with E-state index in [1.807, 2.05) is 43.3 Å². The monoisotopic (exact) mass is 229 g/mol. The zero-order valence-corrected chi connectivity index (χ0v) is 9.68. The van der Waals surface area contributed by atoms with Gasteiger partial charge in [0.05, 0.1) is 0 Å². The van der Waals surface area contributed by atoms with Gasteiger partial charge in [0.1, 0.15) is 6.04 Å². The van der Waals surface area contributed by atoms with E-state index < -0.39 is 12.0 Å². The maximum Gasteiger partial charge on any atom is 0.320 e. The fourth-order valence-corrected chi connectivity index (χ4v) is 2.02. The molecule has 2 aromatic carbocycles. The number of fused-ring (bicyclic) bond motifs is 1. The van der Waals surface area contributed by atoms with Gasteiger partial charge in [-0.2, -0.15) is 0 Å². The molecule has 0 aliphatic rings. The van der Waals surface area contributed by atoms with Crippen molar-refractivity contribution in [2.24, 2.45) is 5.73 Å². The molecule has 0 saturated heterocycles. The molecule has 1 unspecified atom stereocenters. The topological polar surface area (TPSA) is 63.3 Å². The molecular weight excluding hydrogens is 214 g/mol. The molecule has 88 valence electrons. The molecule has 3 N–H and O–H groups in total. The second-order valence-corrected chi connectivity index (χ2v) is 4.23. The lowest BCUT2D eigenvalue weighted by molar-refractivity contribution is -0.138. The quantitative estimate of drug-likeness (QED) is 0.847. The summed E-state index contributed by atoms with van der Waals surface area (Å²) in [6, 6.07) is 11.2. The summed E-state index contributed by atoms with van der Waals surface area (Å²) in [5.41, 5.74) is 7.72. The molecule has 17 heavy (non-hydrogen) atoms. The van der Waals surface area contributed by atoms with Crippen LogP contribution in [0.4, 0.5) is 0 Å². The second-order valence-electron chi connectivity index (χ2n) is 4.23. The van der Waals surface area contributed by atoms with E-state index in [9.17, 15) is 4.79 Å². The van der Waals surface area contributed by atoms with E-state index in [1.165, 1.54) is 0 Å². The zero-order valence-electron chi connectivity index (χ0n) is 9.68. The van der Waals surface area contributed by atoms with E-state index in [4.69, 9.17) is 10.8 Å². The van der Waals surface area contributed by atoms with Gasteiger partial charge in [-0.15, -0.1) is 0 Å². The molecule has 2 rings (SSSR count). The van der Waals surface area contributed by atoms with E-state index in [0.717, 1.165) is 21.9 Å². The summed E-state index contributed by atoms with van der Waals surface area (Å²) in [6.07, 6.45) is 0.364. The predicted molar refractivity (Wildman–Crippen MR) is 68.0 cm³/mol. The summed E-state index contributed by atoms with van der Waals surface area (Å²) >= 11 is 0. The Hall–Kier alpha value is -1.87. The first-order valence-electron chi connectivity index (χ1n) is 5.55. The van der Waals surface area contributed by atoms with Crippen molar-refractivity contribution < 1.29 is 9.90 Å². The summed E-state index contributed by atoms with van der Waals surface area (Å²) < 4.78 is 0. The summed E-state index contributed by atoms with van der Waals surface area (Å²) in [4.78, 5) is 10.8. The number of nitrogens with two attached hydrogens (primary N) is 1. The summed E-state index contributed by atoms with van der Waals surface area (Å²) in [7, 11) is 0. The Balaban J connectivity index is 2.51. The Bertz CT molecular complexity index is 563. The SMILES string of the molecule is Cc1ccc2ccccc2c1CC(N)C(=O)O. The zero-order chi connectivity index (χ0) is 12.4. The van der Waals surface area contributed by atoms with Crippen LogP contribution < -0.4 is 5.73 Å². The van der Waals surface area contributed by atoms with Crippen molar-refractivity contribution in [1.29, 1.82) is 0 Å². The molecule has 3 heteroatoms. The molecule has 0 saturated carbocycles. The standard InChI is InChI=1S/C14H15NO2/c1-9-6-7-10-4-2-3-5-11(10)12(9)8-13(15)14(16)17/h2-7,13H,8,15H2,1H3,(H,16,17). The van der Waals surface area contributed by atoms with Gasteiger partial charge < -0.3 is 10.8 Å². The van der Waals surface area contributed by atoms with Gasteiger partial charge in [-0.1, -0.05) is 36.4 Å². The molecule has 0 bridgehead atoms. The van der Waals surface area contributed by atoms with Crippen LogP contribution in [0.2, 0.25) is 0 Å². The highest BCUT2D eigenvalue weighted by Gasteiger charge is 2.15. The number of aliphatic carboxylic acids is 1. The molecule has 0 heterocycles. The normalized spacial score (nSPS) is 12.6. The van der Waals surface area contributed by atoms with Crippen molar-refractivity contribution in [3.05, 3.63) is 47.5 Å². The minimum Gasteiger partial charge on any atom is -0.480 e. The van der Waals surface area contributed by atoms with Crippen LogP contribution in [0.25, 0.3) is 10.8 Å². The van der Waals surface area contributed by atoms with E-state index in [2.05, 4.69) is 0 Å². The molecule has 3 nitrogen and oxygen atoms in total. The Kier molecular flexibility index (Phi) is 3.11. The highest BCUT2D eigenvalue weighted by atomic mass is 16.4. The first-order valence-corrected chi connectivity index (χ1v) is 5.55. The van der Waals surface area contributed by atoms with Crippen molar-refractivity contribution in [3.63, 3.8) is 0 Å². The van der Waals surface area contributed by atoms with Crippen molar-refractivity contribution in [3.8, 4) is 0 Å². The highest BCUT2D eigenvalue weighted by Crippen LogP contribution is 2.23. The largest absolute Gasteiger partial charge is 0.480 e. The van der Waals surface area contributed by atoms with Crippen LogP contribution in [-0.2, 0) is 11.2 Å².